The number of methoxy groups -OCH3 is 1. The lowest BCUT2D eigenvalue weighted by atomic mass is 10.3. The molecule has 94 valence electrons. The summed E-state index contributed by atoms with van der Waals surface area (Å²) < 4.78 is 28.0. The molecule has 0 heterocycles. The number of aliphatic carboxylic acids is 1. The Bertz CT molecular complexity index is 350. The Hall–Kier alpha value is -1.15. The lowest BCUT2D eigenvalue weighted by Gasteiger charge is -2.14. The smallest absolute Gasteiger partial charge is 0.318 e. The summed E-state index contributed by atoms with van der Waals surface area (Å²) in [4.78, 5) is 21.0. The standard InChI is InChI=1S/C8H15NO6S/c1-9(6-7(10)11)16(13,14)5-3-4-8(12)15-2/h3-6H2,1-2H3,(H,10,11). The Kier molecular flexibility index (Phi) is 5.97. The van der Waals surface area contributed by atoms with Gasteiger partial charge in [0.1, 0.15) is 6.54 Å². The molecule has 0 aliphatic rings. The number of rotatable bonds is 7. The van der Waals surface area contributed by atoms with Crippen molar-refractivity contribution >= 4 is 22.0 Å². The Morgan fingerprint density at radius 1 is 1.38 bits per heavy atom. The lowest BCUT2D eigenvalue weighted by molar-refractivity contribution is -0.140. The number of carboxylic acids is 1. The minimum Gasteiger partial charge on any atom is -0.480 e. The molecular weight excluding hydrogens is 238 g/mol. The monoisotopic (exact) mass is 253 g/mol. The Labute approximate surface area is 94.0 Å². The predicted molar refractivity (Wildman–Crippen MR) is 55.3 cm³/mol. The van der Waals surface area contributed by atoms with E-state index in [-0.39, 0.29) is 18.6 Å². The first-order chi connectivity index (χ1) is 7.29. The number of esters is 1. The number of likely N-dealkylation sites (N-methyl/N-ethyl adjacent to an activating group) is 1. The lowest BCUT2D eigenvalue weighted by Crippen LogP contribution is -2.33. The second-order valence-corrected chi connectivity index (χ2v) is 5.34. The highest BCUT2D eigenvalue weighted by molar-refractivity contribution is 7.89. The number of nitrogens with zero attached hydrogens (tertiary/aromatic N) is 1. The van der Waals surface area contributed by atoms with E-state index in [0.29, 0.717) is 0 Å². The van der Waals surface area contributed by atoms with Crippen LogP contribution in [-0.2, 0) is 24.3 Å². The molecule has 0 aliphatic heterocycles. The van der Waals surface area contributed by atoms with E-state index in [4.69, 9.17) is 5.11 Å². The van der Waals surface area contributed by atoms with Crippen LogP contribution in [0.1, 0.15) is 12.8 Å². The van der Waals surface area contributed by atoms with Gasteiger partial charge in [0.15, 0.2) is 0 Å². The number of hydrogen-bond donors (Lipinski definition) is 1. The van der Waals surface area contributed by atoms with Crippen molar-refractivity contribution in [2.75, 3.05) is 26.5 Å². The number of hydrogen-bond acceptors (Lipinski definition) is 5. The Balaban J connectivity index is 4.14. The van der Waals surface area contributed by atoms with Gasteiger partial charge in [-0.15, -0.1) is 0 Å². The van der Waals surface area contributed by atoms with Gasteiger partial charge in [-0.3, -0.25) is 9.59 Å². The second-order valence-electron chi connectivity index (χ2n) is 3.15. The van der Waals surface area contributed by atoms with Gasteiger partial charge in [0.05, 0.1) is 12.9 Å². The molecule has 0 aliphatic carbocycles. The van der Waals surface area contributed by atoms with Crippen molar-refractivity contribution in [1.82, 2.24) is 4.31 Å². The van der Waals surface area contributed by atoms with Crippen molar-refractivity contribution in [3.8, 4) is 0 Å². The fourth-order valence-corrected chi connectivity index (χ4v) is 2.07. The van der Waals surface area contributed by atoms with Gasteiger partial charge < -0.3 is 9.84 Å². The van der Waals surface area contributed by atoms with E-state index in [2.05, 4.69) is 4.74 Å². The van der Waals surface area contributed by atoms with E-state index in [0.717, 1.165) is 4.31 Å². The van der Waals surface area contributed by atoms with E-state index < -0.39 is 28.5 Å². The van der Waals surface area contributed by atoms with Gasteiger partial charge in [-0.1, -0.05) is 0 Å². The van der Waals surface area contributed by atoms with Crippen molar-refractivity contribution in [2.45, 2.75) is 12.8 Å². The van der Waals surface area contributed by atoms with Gasteiger partial charge in [-0.05, 0) is 6.42 Å². The summed E-state index contributed by atoms with van der Waals surface area (Å²) in [6.45, 7) is -0.583. The molecule has 0 radical (unpaired) electrons. The predicted octanol–water partition coefficient (Wildman–Crippen LogP) is -0.714. The zero-order chi connectivity index (χ0) is 12.8. The molecule has 0 saturated heterocycles. The molecule has 0 unspecified atom stereocenters. The van der Waals surface area contributed by atoms with E-state index >= 15 is 0 Å². The maximum absolute atomic E-state index is 11.4. The maximum atomic E-state index is 11.4. The van der Waals surface area contributed by atoms with Crippen LogP contribution in [-0.4, -0.2) is 56.2 Å². The SMILES string of the molecule is COC(=O)CCCS(=O)(=O)N(C)CC(=O)O. The van der Waals surface area contributed by atoms with Gasteiger partial charge in [0, 0.05) is 13.5 Å². The van der Waals surface area contributed by atoms with E-state index in [9.17, 15) is 18.0 Å². The zero-order valence-electron chi connectivity index (χ0n) is 9.17. The summed E-state index contributed by atoms with van der Waals surface area (Å²) in [6.07, 6.45) is 0.107. The first kappa shape index (κ1) is 14.8. The van der Waals surface area contributed by atoms with Crippen LogP contribution in [0.5, 0.6) is 0 Å². The molecule has 0 aromatic rings. The summed E-state index contributed by atoms with van der Waals surface area (Å²) in [5.74, 6) is -1.98. The molecule has 0 amide bonds. The van der Waals surface area contributed by atoms with Crippen LogP contribution in [0.15, 0.2) is 0 Å². The molecule has 0 bridgehead atoms. The van der Waals surface area contributed by atoms with Crippen LogP contribution in [0.3, 0.4) is 0 Å². The van der Waals surface area contributed by atoms with Crippen molar-refractivity contribution < 1.29 is 27.9 Å². The van der Waals surface area contributed by atoms with E-state index in [1.807, 2.05) is 0 Å². The van der Waals surface area contributed by atoms with Crippen molar-refractivity contribution in [3.05, 3.63) is 0 Å². The van der Waals surface area contributed by atoms with E-state index in [1.54, 1.807) is 0 Å². The quantitative estimate of drug-likeness (QED) is 0.601. The highest BCUT2D eigenvalue weighted by atomic mass is 32.2. The maximum Gasteiger partial charge on any atom is 0.318 e. The van der Waals surface area contributed by atoms with Crippen LogP contribution in [0.4, 0.5) is 0 Å². The second kappa shape index (κ2) is 6.44. The third-order valence-corrected chi connectivity index (χ3v) is 3.73. The highest BCUT2D eigenvalue weighted by Crippen LogP contribution is 2.02. The molecule has 0 aromatic heterocycles. The number of carboxylic acid groups (broad SMARTS) is 1. The molecule has 0 aromatic carbocycles. The molecular formula is C8H15NO6S. The number of ether oxygens (including phenoxy) is 1. The van der Waals surface area contributed by atoms with Crippen molar-refractivity contribution in [2.24, 2.45) is 0 Å². The van der Waals surface area contributed by atoms with Crippen molar-refractivity contribution in [1.29, 1.82) is 0 Å². The highest BCUT2D eigenvalue weighted by Gasteiger charge is 2.20. The summed E-state index contributed by atoms with van der Waals surface area (Å²) in [5.41, 5.74) is 0. The van der Waals surface area contributed by atoms with E-state index in [1.165, 1.54) is 14.2 Å². The summed E-state index contributed by atoms with van der Waals surface area (Å²) in [5, 5.41) is 8.42. The molecule has 0 saturated carbocycles. The normalized spacial score (nSPS) is 11.4. The third-order valence-electron chi connectivity index (χ3n) is 1.84. The zero-order valence-corrected chi connectivity index (χ0v) is 9.99. The number of sulfonamides is 1. The first-order valence-corrected chi connectivity index (χ1v) is 6.13. The molecule has 16 heavy (non-hydrogen) atoms. The molecule has 0 spiro atoms. The average molecular weight is 253 g/mol. The topological polar surface area (TPSA) is 101 Å². The summed E-state index contributed by atoms with van der Waals surface area (Å²) >= 11 is 0. The Morgan fingerprint density at radius 2 is 1.94 bits per heavy atom. The van der Waals surface area contributed by atoms with Gasteiger partial charge in [0.2, 0.25) is 10.0 Å². The van der Waals surface area contributed by atoms with Gasteiger partial charge >= 0.3 is 11.9 Å². The van der Waals surface area contributed by atoms with Crippen LogP contribution < -0.4 is 0 Å². The fourth-order valence-electron chi connectivity index (χ4n) is 0.946. The van der Waals surface area contributed by atoms with Crippen LogP contribution >= 0.6 is 0 Å². The summed E-state index contributed by atoms with van der Waals surface area (Å²) in [6, 6.07) is 0. The van der Waals surface area contributed by atoms with Crippen LogP contribution in [0.2, 0.25) is 0 Å². The van der Waals surface area contributed by atoms with Crippen LogP contribution in [0.25, 0.3) is 0 Å². The van der Waals surface area contributed by atoms with Gasteiger partial charge in [-0.2, -0.15) is 4.31 Å². The fraction of sp³-hybridized carbons (Fsp3) is 0.750. The Morgan fingerprint density at radius 3 is 2.38 bits per heavy atom. The minimum absolute atomic E-state index is 0.00333. The third kappa shape index (κ3) is 5.66. The molecule has 0 fully saturated rings. The first-order valence-electron chi connectivity index (χ1n) is 4.52. The molecule has 1 N–H and O–H groups in total. The van der Waals surface area contributed by atoms with Gasteiger partial charge in [-0.25, -0.2) is 8.42 Å². The number of carbonyl (C=O) groups is 2. The summed E-state index contributed by atoms with van der Waals surface area (Å²) in [7, 11) is -1.22. The molecule has 7 nitrogen and oxygen atoms in total. The van der Waals surface area contributed by atoms with Crippen molar-refractivity contribution in [3.63, 3.8) is 0 Å². The molecule has 8 heteroatoms. The number of carbonyl (C=O) groups excluding carboxylic acids is 1. The molecule has 0 atom stereocenters. The van der Waals surface area contributed by atoms with Gasteiger partial charge in [0.25, 0.3) is 0 Å². The average Bonchev–Trinajstić information content (AvgIpc) is 2.16. The largest absolute Gasteiger partial charge is 0.480 e. The van der Waals surface area contributed by atoms with Crippen LogP contribution in [0, 0.1) is 0 Å². The minimum atomic E-state index is -3.61. The molecule has 0 rings (SSSR count).